The molecule has 3 rings (SSSR count). The van der Waals surface area contributed by atoms with E-state index in [1.807, 2.05) is 30.3 Å². The number of halogens is 2. The van der Waals surface area contributed by atoms with E-state index in [2.05, 4.69) is 26.1 Å². The van der Waals surface area contributed by atoms with Gasteiger partial charge in [0.25, 0.3) is 0 Å². The Morgan fingerprint density at radius 3 is 2.38 bits per heavy atom. The molecule has 122 valence electrons. The Hall–Kier alpha value is -3.42. The van der Waals surface area contributed by atoms with Crippen LogP contribution in [0.5, 0.6) is 0 Å². The van der Waals surface area contributed by atoms with Crippen LogP contribution in [0.4, 0.5) is 37.5 Å². The maximum atomic E-state index is 13.7. The van der Waals surface area contributed by atoms with E-state index >= 15 is 0 Å². The molecule has 5 N–H and O–H groups in total. The second-order valence-corrected chi connectivity index (χ2v) is 4.85. The molecule has 0 saturated heterocycles. The van der Waals surface area contributed by atoms with Crippen molar-refractivity contribution in [3.63, 3.8) is 0 Å². The van der Waals surface area contributed by atoms with Crippen molar-refractivity contribution in [1.29, 1.82) is 0 Å². The Balaban J connectivity index is 1.78. The van der Waals surface area contributed by atoms with Gasteiger partial charge in [-0.2, -0.15) is 0 Å². The van der Waals surface area contributed by atoms with Gasteiger partial charge in [-0.15, -0.1) is 0 Å². The van der Waals surface area contributed by atoms with E-state index < -0.39 is 11.6 Å². The molecule has 0 fully saturated rings. The van der Waals surface area contributed by atoms with Crippen LogP contribution in [0, 0.1) is 11.6 Å². The minimum Gasteiger partial charge on any atom is -0.393 e. The van der Waals surface area contributed by atoms with Gasteiger partial charge >= 0.3 is 0 Å². The molecule has 0 aliphatic rings. The number of benzene rings is 2. The first kappa shape index (κ1) is 15.5. The third-order valence-electron chi connectivity index (χ3n) is 3.17. The van der Waals surface area contributed by atoms with Gasteiger partial charge < -0.3 is 11.1 Å². The van der Waals surface area contributed by atoms with Crippen molar-refractivity contribution in [2.75, 3.05) is 21.9 Å². The maximum Gasteiger partial charge on any atom is 0.173 e. The topological polar surface area (TPSA) is 87.9 Å². The first-order chi connectivity index (χ1) is 11.6. The van der Waals surface area contributed by atoms with E-state index in [1.165, 1.54) is 12.4 Å². The van der Waals surface area contributed by atoms with E-state index in [0.29, 0.717) is 5.82 Å². The summed E-state index contributed by atoms with van der Waals surface area (Å²) in [6.45, 7) is 0. The summed E-state index contributed by atoms with van der Waals surface area (Å²) in [5.74, 6) is -0.889. The van der Waals surface area contributed by atoms with Crippen LogP contribution in [0.1, 0.15) is 0 Å². The lowest BCUT2D eigenvalue weighted by molar-refractivity contribution is 0.586. The summed E-state index contributed by atoms with van der Waals surface area (Å²) in [5.41, 5.74) is 12.8. The molecule has 0 radical (unpaired) electrons. The molecule has 6 nitrogen and oxygen atoms in total. The molecule has 0 spiro atoms. The standard InChI is InChI=1S/C16H14F2N6/c17-10-6-7-13(12(18)8-10)22-15-14(19)16(21-9-20-15)24-23-11-4-2-1-3-5-11/h1-9,23H,19H2,(H2,20,21,22,24). The monoisotopic (exact) mass is 328 g/mol. The van der Waals surface area contributed by atoms with Gasteiger partial charge in [-0.3, -0.25) is 10.9 Å². The molecular weight excluding hydrogens is 314 g/mol. The Kier molecular flexibility index (Phi) is 4.37. The summed E-state index contributed by atoms with van der Waals surface area (Å²) in [5, 5.41) is 2.72. The maximum absolute atomic E-state index is 13.7. The molecule has 0 atom stereocenters. The number of rotatable bonds is 5. The number of hydrazine groups is 1. The van der Waals surface area contributed by atoms with Gasteiger partial charge in [-0.1, -0.05) is 18.2 Å². The van der Waals surface area contributed by atoms with E-state index in [1.54, 1.807) is 0 Å². The average Bonchev–Trinajstić information content (AvgIpc) is 2.59. The number of para-hydroxylation sites is 1. The lowest BCUT2D eigenvalue weighted by atomic mass is 10.3. The number of anilines is 5. The van der Waals surface area contributed by atoms with E-state index in [9.17, 15) is 8.78 Å². The molecule has 1 heterocycles. The largest absolute Gasteiger partial charge is 0.393 e. The molecule has 1 aromatic heterocycles. The smallest absolute Gasteiger partial charge is 0.173 e. The summed E-state index contributed by atoms with van der Waals surface area (Å²) in [6, 6.07) is 12.5. The number of nitrogens with two attached hydrogens (primary N) is 1. The van der Waals surface area contributed by atoms with Crippen LogP contribution in [0.2, 0.25) is 0 Å². The second-order valence-electron chi connectivity index (χ2n) is 4.85. The second kappa shape index (κ2) is 6.78. The molecular formula is C16H14F2N6. The normalized spacial score (nSPS) is 10.2. The predicted molar refractivity (Wildman–Crippen MR) is 89.8 cm³/mol. The lowest BCUT2D eigenvalue weighted by Crippen LogP contribution is -2.13. The van der Waals surface area contributed by atoms with Crippen molar-refractivity contribution >= 4 is 28.7 Å². The summed E-state index contributed by atoms with van der Waals surface area (Å²) < 4.78 is 26.7. The van der Waals surface area contributed by atoms with Crippen molar-refractivity contribution in [2.24, 2.45) is 0 Å². The van der Waals surface area contributed by atoms with E-state index in [-0.39, 0.29) is 17.2 Å². The van der Waals surface area contributed by atoms with Gasteiger partial charge in [-0.25, -0.2) is 18.7 Å². The highest BCUT2D eigenvalue weighted by atomic mass is 19.1. The molecule has 0 amide bonds. The van der Waals surface area contributed by atoms with Crippen molar-refractivity contribution in [3.05, 3.63) is 66.5 Å². The number of hydrogen-bond donors (Lipinski definition) is 4. The van der Waals surface area contributed by atoms with Crippen molar-refractivity contribution in [2.45, 2.75) is 0 Å². The number of aromatic nitrogens is 2. The van der Waals surface area contributed by atoms with Crippen molar-refractivity contribution in [3.8, 4) is 0 Å². The fraction of sp³-hybridized carbons (Fsp3) is 0. The highest BCUT2D eigenvalue weighted by molar-refractivity contribution is 5.78. The van der Waals surface area contributed by atoms with E-state index in [0.717, 1.165) is 17.8 Å². The van der Waals surface area contributed by atoms with Crippen molar-refractivity contribution in [1.82, 2.24) is 9.97 Å². The minimum atomic E-state index is -0.745. The average molecular weight is 328 g/mol. The summed E-state index contributed by atoms with van der Waals surface area (Å²) in [7, 11) is 0. The zero-order valence-corrected chi connectivity index (χ0v) is 12.4. The van der Waals surface area contributed by atoms with Gasteiger partial charge in [0.2, 0.25) is 0 Å². The molecule has 8 heteroatoms. The van der Waals surface area contributed by atoms with Crippen LogP contribution in [0.3, 0.4) is 0 Å². The highest BCUT2D eigenvalue weighted by Crippen LogP contribution is 2.27. The lowest BCUT2D eigenvalue weighted by Gasteiger charge is -2.14. The molecule has 0 unspecified atom stereocenters. The quantitative estimate of drug-likeness (QED) is 0.536. The molecule has 0 bridgehead atoms. The zero-order valence-electron chi connectivity index (χ0n) is 12.4. The molecule has 3 aromatic rings. The van der Waals surface area contributed by atoms with E-state index in [4.69, 9.17) is 5.73 Å². The third kappa shape index (κ3) is 3.49. The fourth-order valence-electron chi connectivity index (χ4n) is 1.97. The van der Waals surface area contributed by atoms with Crippen LogP contribution in [0.15, 0.2) is 54.9 Å². The number of nitrogens with one attached hydrogen (secondary N) is 3. The molecule has 0 saturated carbocycles. The summed E-state index contributed by atoms with van der Waals surface area (Å²) >= 11 is 0. The van der Waals surface area contributed by atoms with Crippen LogP contribution >= 0.6 is 0 Å². The van der Waals surface area contributed by atoms with Crippen LogP contribution in [-0.2, 0) is 0 Å². The van der Waals surface area contributed by atoms with Crippen LogP contribution in [-0.4, -0.2) is 9.97 Å². The van der Waals surface area contributed by atoms with Crippen LogP contribution in [0.25, 0.3) is 0 Å². The predicted octanol–water partition coefficient (Wildman–Crippen LogP) is 3.52. The van der Waals surface area contributed by atoms with Gasteiger partial charge in [0.15, 0.2) is 11.6 Å². The van der Waals surface area contributed by atoms with Gasteiger partial charge in [0.1, 0.15) is 23.6 Å². The van der Waals surface area contributed by atoms with Gasteiger partial charge in [0, 0.05) is 6.07 Å². The number of hydrogen-bond acceptors (Lipinski definition) is 6. The summed E-state index contributed by atoms with van der Waals surface area (Å²) in [6.07, 6.45) is 1.27. The molecule has 2 aromatic carbocycles. The first-order valence-electron chi connectivity index (χ1n) is 7.03. The Morgan fingerprint density at radius 1 is 0.875 bits per heavy atom. The Labute approximate surface area is 136 Å². The number of nitrogens with zero attached hydrogens (tertiary/aromatic N) is 2. The Morgan fingerprint density at radius 2 is 1.62 bits per heavy atom. The van der Waals surface area contributed by atoms with Gasteiger partial charge in [0.05, 0.1) is 11.4 Å². The highest BCUT2D eigenvalue weighted by Gasteiger charge is 2.11. The third-order valence-corrected chi connectivity index (χ3v) is 3.17. The van der Waals surface area contributed by atoms with Gasteiger partial charge in [-0.05, 0) is 24.3 Å². The zero-order chi connectivity index (χ0) is 16.9. The number of nitrogen functional groups attached to an aromatic ring is 1. The van der Waals surface area contributed by atoms with Crippen molar-refractivity contribution < 1.29 is 8.78 Å². The fourth-order valence-corrected chi connectivity index (χ4v) is 1.97. The molecule has 0 aliphatic carbocycles. The summed E-state index contributed by atoms with van der Waals surface area (Å²) in [4.78, 5) is 8.01. The SMILES string of the molecule is Nc1c(NNc2ccccc2)ncnc1Nc1ccc(F)cc1F. The first-order valence-corrected chi connectivity index (χ1v) is 7.03. The molecule has 24 heavy (non-hydrogen) atoms. The minimum absolute atomic E-state index is 0.0590. The van der Waals surface area contributed by atoms with Crippen LogP contribution < -0.4 is 21.9 Å². The Bertz CT molecular complexity index is 841. The molecule has 0 aliphatic heterocycles.